The Morgan fingerprint density at radius 1 is 1.06 bits per heavy atom. The largest absolute Gasteiger partial charge is 0.473 e. The molecule has 1 aliphatic heterocycles. The maximum absolute atomic E-state index is 13.8. The number of likely N-dealkylation sites (tertiary alicyclic amines) is 1. The van der Waals surface area contributed by atoms with Crippen molar-refractivity contribution in [2.45, 2.75) is 31.5 Å². The van der Waals surface area contributed by atoms with Crippen LogP contribution in [0.15, 0.2) is 53.5 Å². The van der Waals surface area contributed by atoms with E-state index in [1.807, 2.05) is 0 Å². The van der Waals surface area contributed by atoms with Crippen LogP contribution in [-0.4, -0.2) is 53.9 Å². The van der Waals surface area contributed by atoms with Gasteiger partial charge in [-0.1, -0.05) is 12.1 Å². The van der Waals surface area contributed by atoms with Crippen molar-refractivity contribution in [2.75, 3.05) is 18.4 Å². The fourth-order valence-corrected chi connectivity index (χ4v) is 3.59. The van der Waals surface area contributed by atoms with E-state index in [0.717, 1.165) is 12.8 Å². The third-order valence-corrected chi connectivity index (χ3v) is 5.40. The quantitative estimate of drug-likeness (QED) is 0.336. The molecule has 0 radical (unpaired) electrons. The number of amides is 4. The first-order valence-corrected chi connectivity index (χ1v) is 10.7. The fraction of sp³-hybridized carbons (Fsp3) is 0.304. The van der Waals surface area contributed by atoms with Crippen molar-refractivity contribution < 1.29 is 31.9 Å². The molecule has 35 heavy (non-hydrogen) atoms. The molecule has 0 aromatic heterocycles. The number of nitrogens with one attached hydrogen (secondary N) is 2. The molecule has 4 amide bonds. The number of carbonyl (C=O) groups excluding carboxylic acids is 3. The van der Waals surface area contributed by atoms with Crippen LogP contribution in [-0.2, 0) is 4.79 Å². The van der Waals surface area contributed by atoms with Crippen LogP contribution >= 0.6 is 0 Å². The monoisotopic (exact) mass is 493 g/mol. The molecule has 12 heteroatoms. The van der Waals surface area contributed by atoms with Gasteiger partial charge in [0.15, 0.2) is 0 Å². The van der Waals surface area contributed by atoms with Crippen molar-refractivity contribution in [2.24, 2.45) is 10.7 Å². The van der Waals surface area contributed by atoms with Crippen molar-refractivity contribution in [1.29, 1.82) is 0 Å². The van der Waals surface area contributed by atoms with Crippen molar-refractivity contribution in [3.63, 3.8) is 0 Å². The molecule has 1 aliphatic rings. The topological polar surface area (TPSA) is 117 Å². The van der Waals surface area contributed by atoms with Gasteiger partial charge in [-0.25, -0.2) is 9.18 Å². The van der Waals surface area contributed by atoms with Crippen molar-refractivity contribution in [3.8, 4) is 0 Å². The number of amidine groups is 1. The zero-order valence-electron chi connectivity index (χ0n) is 18.4. The maximum Gasteiger partial charge on any atom is 0.473 e. The Labute approximate surface area is 198 Å². The highest BCUT2D eigenvalue weighted by Gasteiger charge is 2.38. The molecule has 0 spiro atoms. The van der Waals surface area contributed by atoms with E-state index >= 15 is 0 Å². The second-order valence-electron chi connectivity index (χ2n) is 7.84. The van der Waals surface area contributed by atoms with Crippen LogP contribution in [0.5, 0.6) is 0 Å². The highest BCUT2D eigenvalue weighted by molar-refractivity contribution is 6.05. The number of hydrogen-bond acceptors (Lipinski definition) is 3. The summed E-state index contributed by atoms with van der Waals surface area (Å²) in [5.41, 5.74) is 5.80. The van der Waals surface area contributed by atoms with E-state index in [9.17, 15) is 31.9 Å². The molecule has 1 atom stereocenters. The average molecular weight is 493 g/mol. The molecule has 1 unspecified atom stereocenters. The second-order valence-corrected chi connectivity index (χ2v) is 7.84. The van der Waals surface area contributed by atoms with Gasteiger partial charge in [-0.15, -0.1) is 0 Å². The number of rotatable bonds is 5. The number of nitrogens with zero attached hydrogens (tertiary/aromatic N) is 2. The smallest absolute Gasteiger partial charge is 0.383 e. The van der Waals surface area contributed by atoms with E-state index in [1.165, 1.54) is 42.5 Å². The first kappa shape index (κ1) is 25.7. The molecule has 0 bridgehead atoms. The number of piperidine rings is 1. The van der Waals surface area contributed by atoms with Gasteiger partial charge in [0.1, 0.15) is 11.7 Å². The Hall–Kier alpha value is -3.96. The molecular formula is C23H23F4N5O3. The summed E-state index contributed by atoms with van der Waals surface area (Å²) in [6.07, 6.45) is -2.86. The van der Waals surface area contributed by atoms with Gasteiger partial charge in [0, 0.05) is 24.3 Å². The molecule has 0 saturated carbocycles. The molecule has 1 fully saturated rings. The minimum absolute atomic E-state index is 0.0762. The van der Waals surface area contributed by atoms with Crippen molar-refractivity contribution in [3.05, 3.63) is 65.5 Å². The Balaban J connectivity index is 1.61. The number of aliphatic imine (C=N–C) groups is 1. The van der Waals surface area contributed by atoms with Crippen LogP contribution in [0, 0.1) is 5.82 Å². The number of benzene rings is 2. The Morgan fingerprint density at radius 3 is 2.40 bits per heavy atom. The average Bonchev–Trinajstić information content (AvgIpc) is 2.82. The maximum atomic E-state index is 13.8. The number of nitrogens with two attached hydrogens (primary N) is 1. The summed E-state index contributed by atoms with van der Waals surface area (Å²) in [5.74, 6) is -4.13. The summed E-state index contributed by atoms with van der Waals surface area (Å²) in [4.78, 5) is 40.5. The van der Waals surface area contributed by atoms with Crippen molar-refractivity contribution in [1.82, 2.24) is 10.2 Å². The Morgan fingerprint density at radius 2 is 1.74 bits per heavy atom. The first-order valence-electron chi connectivity index (χ1n) is 10.7. The summed E-state index contributed by atoms with van der Waals surface area (Å²) in [5, 5.41) is 5.36. The van der Waals surface area contributed by atoms with E-state index < -0.39 is 35.7 Å². The lowest BCUT2D eigenvalue weighted by Gasteiger charge is -2.35. The van der Waals surface area contributed by atoms with E-state index in [1.54, 1.807) is 11.0 Å². The third-order valence-electron chi connectivity index (χ3n) is 5.40. The van der Waals surface area contributed by atoms with E-state index in [4.69, 9.17) is 5.73 Å². The number of alkyl halides is 3. The molecule has 2 aromatic carbocycles. The molecule has 2 aromatic rings. The van der Waals surface area contributed by atoms with Gasteiger partial charge in [-0.3, -0.25) is 9.59 Å². The van der Waals surface area contributed by atoms with E-state index in [0.29, 0.717) is 18.7 Å². The zero-order chi connectivity index (χ0) is 25.6. The summed E-state index contributed by atoms with van der Waals surface area (Å²) in [6, 6.07) is 10.3. The van der Waals surface area contributed by atoms with Gasteiger partial charge >= 0.3 is 18.1 Å². The summed E-state index contributed by atoms with van der Waals surface area (Å²) >= 11 is 0. The standard InChI is InChI=1S/C23H23F4N5O3/c24-18-7-2-1-6-17(18)20(33)29-13-16-5-3-4-12-32(16)22(35)30-15-10-8-14(9-11-15)19(28)31-21(34)23(25,26)27/h1-2,6-11,16H,3-5,12-13H2,(H,29,33)(H,30,35)(H2,28,31,34). The molecule has 186 valence electrons. The third kappa shape index (κ3) is 6.78. The molecule has 8 nitrogen and oxygen atoms in total. The van der Waals surface area contributed by atoms with Crippen LogP contribution < -0.4 is 16.4 Å². The fourth-order valence-electron chi connectivity index (χ4n) is 3.59. The normalized spacial score (nSPS) is 16.5. The summed E-state index contributed by atoms with van der Waals surface area (Å²) in [6.45, 7) is 0.586. The highest BCUT2D eigenvalue weighted by atomic mass is 19.4. The van der Waals surface area contributed by atoms with Gasteiger partial charge in [0.25, 0.3) is 5.91 Å². The summed E-state index contributed by atoms with van der Waals surface area (Å²) in [7, 11) is 0. The van der Waals surface area contributed by atoms with Crippen LogP contribution in [0.3, 0.4) is 0 Å². The van der Waals surface area contributed by atoms with Gasteiger partial charge in [-0.05, 0) is 55.7 Å². The Bertz CT molecular complexity index is 1120. The minimum atomic E-state index is -5.13. The van der Waals surface area contributed by atoms with Crippen LogP contribution in [0.2, 0.25) is 0 Å². The number of urea groups is 1. The SMILES string of the molecule is NC(=NC(=O)C(F)(F)F)c1ccc(NC(=O)N2CCCCC2CNC(=O)c2ccccc2F)cc1. The van der Waals surface area contributed by atoms with Gasteiger partial charge < -0.3 is 21.3 Å². The predicted octanol–water partition coefficient (Wildman–Crippen LogP) is 3.44. The molecule has 4 N–H and O–H groups in total. The molecular weight excluding hydrogens is 470 g/mol. The number of carbonyl (C=O) groups is 3. The molecule has 1 saturated heterocycles. The van der Waals surface area contributed by atoms with Gasteiger partial charge in [0.05, 0.1) is 11.6 Å². The number of halogens is 4. The zero-order valence-corrected chi connectivity index (χ0v) is 18.4. The first-order chi connectivity index (χ1) is 16.6. The highest BCUT2D eigenvalue weighted by Crippen LogP contribution is 2.20. The Kier molecular flexibility index (Phi) is 8.05. The van der Waals surface area contributed by atoms with Crippen molar-refractivity contribution >= 4 is 29.4 Å². The lowest BCUT2D eigenvalue weighted by atomic mass is 10.0. The van der Waals surface area contributed by atoms with E-state index in [2.05, 4.69) is 15.6 Å². The number of hydrogen-bond donors (Lipinski definition) is 3. The summed E-state index contributed by atoms with van der Waals surface area (Å²) < 4.78 is 50.8. The van der Waals surface area contributed by atoms with Gasteiger partial charge in [-0.2, -0.15) is 18.2 Å². The minimum Gasteiger partial charge on any atom is -0.383 e. The number of anilines is 1. The molecule has 3 rings (SSSR count). The lowest BCUT2D eigenvalue weighted by molar-refractivity contribution is -0.169. The van der Waals surface area contributed by atoms with Crippen LogP contribution in [0.1, 0.15) is 35.2 Å². The van der Waals surface area contributed by atoms with Crippen LogP contribution in [0.25, 0.3) is 0 Å². The predicted molar refractivity (Wildman–Crippen MR) is 120 cm³/mol. The lowest BCUT2D eigenvalue weighted by Crippen LogP contribution is -2.50. The second kappa shape index (κ2) is 11.0. The molecule has 1 heterocycles. The van der Waals surface area contributed by atoms with E-state index in [-0.39, 0.29) is 23.7 Å². The van der Waals surface area contributed by atoms with Crippen LogP contribution in [0.4, 0.5) is 28.0 Å². The molecule has 0 aliphatic carbocycles. The van der Waals surface area contributed by atoms with Gasteiger partial charge in [0.2, 0.25) is 0 Å².